The number of benzene rings is 1. The standard InChI is InChI=1S/C12H18N2O3/c1-17-7-6-11(13)12(16)14-10-4-2-9(8-15)3-5-10/h2-5,11,15H,6-8,13H2,1H3,(H,14,16). The van der Waals surface area contributed by atoms with Gasteiger partial charge in [-0.25, -0.2) is 0 Å². The molecule has 0 aromatic heterocycles. The van der Waals surface area contributed by atoms with Crippen LogP contribution in [-0.4, -0.2) is 30.8 Å². The molecule has 1 amide bonds. The monoisotopic (exact) mass is 238 g/mol. The lowest BCUT2D eigenvalue weighted by molar-refractivity contribution is -0.117. The molecule has 0 fully saturated rings. The number of anilines is 1. The van der Waals surface area contributed by atoms with Gasteiger partial charge in [0.25, 0.3) is 0 Å². The molecule has 17 heavy (non-hydrogen) atoms. The number of nitrogens with one attached hydrogen (secondary N) is 1. The molecule has 0 aliphatic carbocycles. The molecule has 0 heterocycles. The fraction of sp³-hybridized carbons (Fsp3) is 0.417. The van der Waals surface area contributed by atoms with Crippen LogP contribution in [0.3, 0.4) is 0 Å². The van der Waals surface area contributed by atoms with E-state index in [-0.39, 0.29) is 12.5 Å². The van der Waals surface area contributed by atoms with Crippen LogP contribution in [0.1, 0.15) is 12.0 Å². The summed E-state index contributed by atoms with van der Waals surface area (Å²) in [4.78, 5) is 11.6. The van der Waals surface area contributed by atoms with Gasteiger partial charge in [0.15, 0.2) is 0 Å². The van der Waals surface area contributed by atoms with Crippen molar-refractivity contribution in [2.75, 3.05) is 19.0 Å². The quantitative estimate of drug-likeness (QED) is 0.673. The highest BCUT2D eigenvalue weighted by Crippen LogP contribution is 2.09. The number of aliphatic hydroxyl groups is 1. The zero-order chi connectivity index (χ0) is 12.7. The number of amides is 1. The molecule has 1 aromatic carbocycles. The van der Waals surface area contributed by atoms with Gasteiger partial charge >= 0.3 is 0 Å². The van der Waals surface area contributed by atoms with Crippen molar-refractivity contribution in [1.82, 2.24) is 0 Å². The molecule has 0 saturated heterocycles. The van der Waals surface area contributed by atoms with Crippen LogP contribution in [-0.2, 0) is 16.1 Å². The maximum absolute atomic E-state index is 11.6. The topological polar surface area (TPSA) is 84.6 Å². The highest BCUT2D eigenvalue weighted by Gasteiger charge is 2.12. The fourth-order valence-corrected chi connectivity index (χ4v) is 1.30. The van der Waals surface area contributed by atoms with E-state index in [1.54, 1.807) is 31.4 Å². The number of carbonyl (C=O) groups excluding carboxylic acids is 1. The van der Waals surface area contributed by atoms with Gasteiger partial charge in [0.05, 0.1) is 12.6 Å². The third-order valence-corrected chi connectivity index (χ3v) is 2.37. The molecule has 1 rings (SSSR count). The number of nitrogens with two attached hydrogens (primary N) is 1. The minimum atomic E-state index is -0.576. The number of ether oxygens (including phenoxy) is 1. The van der Waals surface area contributed by atoms with E-state index in [1.165, 1.54) is 0 Å². The summed E-state index contributed by atoms with van der Waals surface area (Å²) in [7, 11) is 1.57. The predicted molar refractivity (Wildman–Crippen MR) is 65.5 cm³/mol. The van der Waals surface area contributed by atoms with Crippen molar-refractivity contribution in [3.8, 4) is 0 Å². The second kappa shape index (κ2) is 7.01. The summed E-state index contributed by atoms with van der Waals surface area (Å²) >= 11 is 0. The molecule has 5 heteroatoms. The summed E-state index contributed by atoms with van der Waals surface area (Å²) in [6.45, 7) is 0.444. The maximum Gasteiger partial charge on any atom is 0.241 e. The van der Waals surface area contributed by atoms with Crippen molar-refractivity contribution < 1.29 is 14.6 Å². The number of rotatable bonds is 6. The molecule has 0 bridgehead atoms. The first kappa shape index (κ1) is 13.6. The van der Waals surface area contributed by atoms with E-state index in [9.17, 15) is 4.79 Å². The summed E-state index contributed by atoms with van der Waals surface area (Å²) < 4.78 is 4.86. The Balaban J connectivity index is 2.49. The van der Waals surface area contributed by atoms with E-state index in [0.717, 1.165) is 5.56 Å². The Morgan fingerprint density at radius 3 is 2.65 bits per heavy atom. The van der Waals surface area contributed by atoms with E-state index >= 15 is 0 Å². The number of hydrogen-bond donors (Lipinski definition) is 3. The van der Waals surface area contributed by atoms with Crippen molar-refractivity contribution in [2.45, 2.75) is 19.1 Å². The van der Waals surface area contributed by atoms with Crippen LogP contribution in [0, 0.1) is 0 Å². The third-order valence-electron chi connectivity index (χ3n) is 2.37. The van der Waals surface area contributed by atoms with Gasteiger partial charge in [-0.2, -0.15) is 0 Å². The van der Waals surface area contributed by atoms with Gasteiger partial charge < -0.3 is 20.9 Å². The molecule has 1 aromatic rings. The summed E-state index contributed by atoms with van der Waals surface area (Å²) in [5.41, 5.74) is 7.14. The normalized spacial score (nSPS) is 12.2. The van der Waals surface area contributed by atoms with Crippen molar-refractivity contribution in [2.24, 2.45) is 5.73 Å². The summed E-state index contributed by atoms with van der Waals surface area (Å²) in [5, 5.41) is 11.6. The molecule has 1 atom stereocenters. The second-order valence-corrected chi connectivity index (χ2v) is 3.73. The average molecular weight is 238 g/mol. The number of hydrogen-bond acceptors (Lipinski definition) is 4. The lowest BCUT2D eigenvalue weighted by atomic mass is 10.2. The Hall–Kier alpha value is -1.43. The van der Waals surface area contributed by atoms with Crippen LogP contribution in [0.4, 0.5) is 5.69 Å². The molecule has 94 valence electrons. The average Bonchev–Trinajstić information content (AvgIpc) is 2.36. The highest BCUT2D eigenvalue weighted by atomic mass is 16.5. The van der Waals surface area contributed by atoms with Crippen molar-refractivity contribution in [1.29, 1.82) is 0 Å². The molecule has 0 aliphatic rings. The SMILES string of the molecule is COCCC(N)C(=O)Nc1ccc(CO)cc1. The van der Waals surface area contributed by atoms with Crippen molar-refractivity contribution in [3.63, 3.8) is 0 Å². The Labute approximate surface area is 101 Å². The maximum atomic E-state index is 11.6. The first-order valence-electron chi connectivity index (χ1n) is 5.42. The van der Waals surface area contributed by atoms with Crippen LogP contribution < -0.4 is 11.1 Å². The zero-order valence-corrected chi connectivity index (χ0v) is 9.85. The Kier molecular flexibility index (Phi) is 5.62. The number of carbonyl (C=O) groups is 1. The molecule has 0 saturated carbocycles. The van der Waals surface area contributed by atoms with Gasteiger partial charge in [0, 0.05) is 19.4 Å². The Morgan fingerprint density at radius 2 is 2.12 bits per heavy atom. The smallest absolute Gasteiger partial charge is 0.241 e. The van der Waals surface area contributed by atoms with Gasteiger partial charge in [-0.05, 0) is 24.1 Å². The largest absolute Gasteiger partial charge is 0.392 e. The third kappa shape index (κ3) is 4.52. The summed E-state index contributed by atoms with van der Waals surface area (Å²) in [6, 6.07) is 6.37. The minimum Gasteiger partial charge on any atom is -0.392 e. The molecular weight excluding hydrogens is 220 g/mol. The van der Waals surface area contributed by atoms with Crippen LogP contribution in [0.15, 0.2) is 24.3 Å². The Morgan fingerprint density at radius 1 is 1.47 bits per heavy atom. The fourth-order valence-electron chi connectivity index (χ4n) is 1.30. The van der Waals surface area contributed by atoms with E-state index < -0.39 is 6.04 Å². The zero-order valence-electron chi connectivity index (χ0n) is 9.85. The van der Waals surface area contributed by atoms with Crippen molar-refractivity contribution >= 4 is 11.6 Å². The van der Waals surface area contributed by atoms with Gasteiger partial charge in [-0.3, -0.25) is 4.79 Å². The lowest BCUT2D eigenvalue weighted by Gasteiger charge is -2.11. The molecular formula is C12H18N2O3. The molecule has 5 nitrogen and oxygen atoms in total. The number of methoxy groups -OCH3 is 1. The van der Waals surface area contributed by atoms with Gasteiger partial charge in [-0.15, -0.1) is 0 Å². The molecule has 0 spiro atoms. The van der Waals surface area contributed by atoms with Gasteiger partial charge in [-0.1, -0.05) is 12.1 Å². The van der Waals surface area contributed by atoms with Crippen LogP contribution >= 0.6 is 0 Å². The van der Waals surface area contributed by atoms with Gasteiger partial charge in [0.2, 0.25) is 5.91 Å². The summed E-state index contributed by atoms with van der Waals surface area (Å²) in [5.74, 6) is -0.237. The van der Waals surface area contributed by atoms with Crippen LogP contribution in [0.2, 0.25) is 0 Å². The van der Waals surface area contributed by atoms with E-state index in [4.69, 9.17) is 15.6 Å². The summed E-state index contributed by atoms with van der Waals surface area (Å²) in [6.07, 6.45) is 0.483. The minimum absolute atomic E-state index is 0.0123. The van der Waals surface area contributed by atoms with Crippen LogP contribution in [0.25, 0.3) is 0 Å². The predicted octanol–water partition coefficient (Wildman–Crippen LogP) is 0.481. The second-order valence-electron chi connectivity index (χ2n) is 3.73. The van der Waals surface area contributed by atoms with E-state index in [0.29, 0.717) is 18.7 Å². The van der Waals surface area contributed by atoms with Crippen LogP contribution in [0.5, 0.6) is 0 Å². The molecule has 0 radical (unpaired) electrons. The molecule has 0 aliphatic heterocycles. The molecule has 4 N–H and O–H groups in total. The first-order valence-corrected chi connectivity index (χ1v) is 5.42. The molecule has 1 unspecified atom stereocenters. The van der Waals surface area contributed by atoms with Gasteiger partial charge in [0.1, 0.15) is 0 Å². The van der Waals surface area contributed by atoms with Crippen molar-refractivity contribution in [3.05, 3.63) is 29.8 Å². The van der Waals surface area contributed by atoms with E-state index in [1.807, 2.05) is 0 Å². The highest BCUT2D eigenvalue weighted by molar-refractivity contribution is 5.94. The lowest BCUT2D eigenvalue weighted by Crippen LogP contribution is -2.36. The number of aliphatic hydroxyl groups excluding tert-OH is 1. The Bertz CT molecular complexity index is 351. The van der Waals surface area contributed by atoms with E-state index in [2.05, 4.69) is 5.32 Å². The first-order chi connectivity index (χ1) is 8.17.